The van der Waals surface area contributed by atoms with Gasteiger partial charge in [-0.1, -0.05) is 22.9 Å². The number of rotatable bonds is 4. The first-order chi connectivity index (χ1) is 7.74. The highest BCUT2D eigenvalue weighted by Gasteiger charge is 2.23. The van der Waals surface area contributed by atoms with Crippen LogP contribution in [0.1, 0.15) is 23.7 Å². The molecule has 2 nitrogen and oxygen atoms in total. The van der Waals surface area contributed by atoms with E-state index in [1.165, 1.54) is 6.07 Å². The molecule has 0 N–H and O–H groups in total. The van der Waals surface area contributed by atoms with Gasteiger partial charge in [0, 0.05) is 10.9 Å². The Morgan fingerprint density at radius 3 is 2.47 bits per heavy atom. The third-order valence-electron chi connectivity index (χ3n) is 2.04. The van der Waals surface area contributed by atoms with Crippen molar-refractivity contribution in [1.82, 2.24) is 0 Å². The zero-order valence-corrected chi connectivity index (χ0v) is 13.0. The molecule has 1 rings (SSSR count). The summed E-state index contributed by atoms with van der Waals surface area (Å²) < 4.78 is 20.1. The molecule has 0 saturated carbocycles. The fourth-order valence-corrected chi connectivity index (χ4v) is 2.62. The van der Waals surface area contributed by atoms with E-state index < -0.39 is 14.1 Å². The van der Waals surface area contributed by atoms with Crippen LogP contribution in [-0.4, -0.2) is 14.1 Å². The molecule has 5 heteroatoms. The molecule has 0 radical (unpaired) electrons. The van der Waals surface area contributed by atoms with Crippen molar-refractivity contribution in [2.24, 2.45) is 0 Å². The van der Waals surface area contributed by atoms with Gasteiger partial charge in [-0.05, 0) is 31.8 Å². The summed E-state index contributed by atoms with van der Waals surface area (Å²) >= 11 is 3.19. The second-order valence-corrected chi connectivity index (χ2v) is 10.1. The van der Waals surface area contributed by atoms with Crippen molar-refractivity contribution in [3.05, 3.63) is 28.0 Å². The lowest BCUT2D eigenvalue weighted by molar-refractivity contribution is 0.0985. The van der Waals surface area contributed by atoms with Crippen LogP contribution in [0.15, 0.2) is 16.6 Å². The lowest BCUT2D eigenvalue weighted by Crippen LogP contribution is -2.30. The van der Waals surface area contributed by atoms with Gasteiger partial charge < -0.3 is 4.43 Å². The average Bonchev–Trinajstić information content (AvgIpc) is 2.19. The third kappa shape index (κ3) is 3.92. The molecule has 0 aliphatic carbocycles. The highest BCUT2D eigenvalue weighted by molar-refractivity contribution is 9.10. The normalized spacial score (nSPS) is 11.4. The molecule has 0 heterocycles. The molecule has 0 atom stereocenters. The molecule has 0 aliphatic rings. The first-order valence-corrected chi connectivity index (χ1v) is 9.66. The molecule has 0 spiro atoms. The molecule has 0 saturated heterocycles. The van der Waals surface area contributed by atoms with Crippen molar-refractivity contribution < 1.29 is 13.6 Å². The summed E-state index contributed by atoms with van der Waals surface area (Å²) in [7, 11) is -1.94. The highest BCUT2D eigenvalue weighted by Crippen LogP contribution is 2.30. The molecule has 0 amide bonds. The highest BCUT2D eigenvalue weighted by atomic mass is 79.9. The summed E-state index contributed by atoms with van der Waals surface area (Å²) in [4.78, 5) is 11.8. The van der Waals surface area contributed by atoms with Crippen molar-refractivity contribution in [3.8, 4) is 5.75 Å². The SMILES string of the molecule is CCC(=O)c1cc(Br)cc(F)c1O[Si](C)(C)C. The molecule has 94 valence electrons. The van der Waals surface area contributed by atoms with Gasteiger partial charge >= 0.3 is 0 Å². The van der Waals surface area contributed by atoms with Crippen LogP contribution >= 0.6 is 15.9 Å². The number of benzene rings is 1. The number of Topliss-reactive ketones (excluding diaryl/α,β-unsaturated/α-hetero) is 1. The Morgan fingerprint density at radius 2 is 2.00 bits per heavy atom. The van der Waals surface area contributed by atoms with E-state index in [2.05, 4.69) is 15.9 Å². The fourth-order valence-electron chi connectivity index (χ4n) is 1.37. The molecule has 0 aromatic heterocycles. The van der Waals surface area contributed by atoms with Gasteiger partial charge in [0.2, 0.25) is 8.32 Å². The summed E-state index contributed by atoms with van der Waals surface area (Å²) in [5.74, 6) is -0.503. The van der Waals surface area contributed by atoms with Gasteiger partial charge in [0.15, 0.2) is 17.3 Å². The first-order valence-electron chi connectivity index (χ1n) is 5.46. The maximum absolute atomic E-state index is 13.9. The zero-order valence-electron chi connectivity index (χ0n) is 10.4. The van der Waals surface area contributed by atoms with Crippen molar-refractivity contribution in [2.75, 3.05) is 0 Å². The predicted octanol–water partition coefficient (Wildman–Crippen LogP) is 4.39. The maximum atomic E-state index is 13.9. The van der Waals surface area contributed by atoms with E-state index in [0.717, 1.165) is 0 Å². The molecule has 0 fully saturated rings. The topological polar surface area (TPSA) is 26.3 Å². The number of hydrogen-bond acceptors (Lipinski definition) is 2. The van der Waals surface area contributed by atoms with E-state index in [9.17, 15) is 9.18 Å². The number of ketones is 1. The summed E-state index contributed by atoms with van der Waals surface area (Å²) in [6.07, 6.45) is 0.331. The lowest BCUT2D eigenvalue weighted by Gasteiger charge is -2.21. The molecule has 1 aromatic carbocycles. The molecular weight excluding hydrogens is 303 g/mol. The van der Waals surface area contributed by atoms with Gasteiger partial charge in [-0.3, -0.25) is 4.79 Å². The minimum atomic E-state index is -1.94. The average molecular weight is 319 g/mol. The van der Waals surface area contributed by atoms with Crippen molar-refractivity contribution in [1.29, 1.82) is 0 Å². The minimum Gasteiger partial charge on any atom is -0.542 e. The van der Waals surface area contributed by atoms with Crippen molar-refractivity contribution in [3.63, 3.8) is 0 Å². The van der Waals surface area contributed by atoms with Crippen LogP contribution < -0.4 is 4.43 Å². The van der Waals surface area contributed by atoms with E-state index in [1.54, 1.807) is 13.0 Å². The zero-order chi connectivity index (χ0) is 13.2. The second kappa shape index (κ2) is 5.31. The summed E-state index contributed by atoms with van der Waals surface area (Å²) in [6.45, 7) is 7.61. The Kier molecular flexibility index (Phi) is 4.49. The Labute approximate surface area is 110 Å². The standard InChI is InChI=1S/C12H16BrFO2Si/c1-5-11(15)9-6-8(13)7-10(14)12(9)16-17(2,3)4/h6-7H,5H2,1-4H3. The maximum Gasteiger partial charge on any atom is 0.242 e. The molecule has 0 aliphatic heterocycles. The Morgan fingerprint density at radius 1 is 1.41 bits per heavy atom. The molecule has 0 unspecified atom stereocenters. The number of carbonyl (C=O) groups excluding carboxylic acids is 1. The van der Waals surface area contributed by atoms with E-state index in [0.29, 0.717) is 16.5 Å². The van der Waals surface area contributed by atoms with Crippen LogP contribution in [0.25, 0.3) is 0 Å². The second-order valence-electron chi connectivity index (χ2n) is 4.76. The number of hydrogen-bond donors (Lipinski definition) is 0. The van der Waals surface area contributed by atoms with Gasteiger partial charge in [-0.25, -0.2) is 4.39 Å². The quantitative estimate of drug-likeness (QED) is 0.607. The smallest absolute Gasteiger partial charge is 0.242 e. The Bertz CT molecular complexity index is 441. The van der Waals surface area contributed by atoms with Crippen LogP contribution in [-0.2, 0) is 0 Å². The van der Waals surface area contributed by atoms with E-state index in [-0.39, 0.29) is 11.5 Å². The van der Waals surface area contributed by atoms with Crippen LogP contribution in [0.3, 0.4) is 0 Å². The molecule has 0 bridgehead atoms. The lowest BCUT2D eigenvalue weighted by atomic mass is 10.1. The Hall–Kier alpha value is -0.683. The molecule has 17 heavy (non-hydrogen) atoms. The van der Waals surface area contributed by atoms with Gasteiger partial charge in [0.1, 0.15) is 0 Å². The van der Waals surface area contributed by atoms with Gasteiger partial charge in [0.05, 0.1) is 5.56 Å². The van der Waals surface area contributed by atoms with Crippen molar-refractivity contribution in [2.45, 2.75) is 33.0 Å². The molecule has 1 aromatic rings. The first kappa shape index (κ1) is 14.4. The minimum absolute atomic E-state index is 0.0965. The summed E-state index contributed by atoms with van der Waals surface area (Å²) in [6, 6.07) is 2.94. The van der Waals surface area contributed by atoms with Crippen LogP contribution in [0.4, 0.5) is 4.39 Å². The van der Waals surface area contributed by atoms with Crippen LogP contribution in [0.5, 0.6) is 5.75 Å². The van der Waals surface area contributed by atoms with E-state index in [4.69, 9.17) is 4.43 Å². The number of halogens is 2. The van der Waals surface area contributed by atoms with Crippen LogP contribution in [0.2, 0.25) is 19.6 Å². The molecular formula is C12H16BrFO2Si. The van der Waals surface area contributed by atoms with Gasteiger partial charge in [-0.15, -0.1) is 0 Å². The predicted molar refractivity (Wildman–Crippen MR) is 72.7 cm³/mol. The largest absolute Gasteiger partial charge is 0.542 e. The van der Waals surface area contributed by atoms with Gasteiger partial charge in [-0.2, -0.15) is 0 Å². The third-order valence-corrected chi connectivity index (χ3v) is 3.31. The van der Waals surface area contributed by atoms with Gasteiger partial charge in [0.25, 0.3) is 0 Å². The monoisotopic (exact) mass is 318 g/mol. The summed E-state index contributed by atoms with van der Waals surface area (Å²) in [5.41, 5.74) is 0.321. The fraction of sp³-hybridized carbons (Fsp3) is 0.417. The van der Waals surface area contributed by atoms with Crippen LogP contribution in [0, 0.1) is 5.82 Å². The van der Waals surface area contributed by atoms with Crippen molar-refractivity contribution >= 4 is 30.0 Å². The summed E-state index contributed by atoms with van der Waals surface area (Å²) in [5, 5.41) is 0. The number of carbonyl (C=O) groups is 1. The van der Waals surface area contributed by atoms with E-state index >= 15 is 0 Å². The Balaban J connectivity index is 3.30. The van der Waals surface area contributed by atoms with E-state index in [1.807, 2.05) is 19.6 Å².